The molecule has 3 heterocycles. The lowest BCUT2D eigenvalue weighted by Crippen LogP contribution is -2.15. The molecule has 0 atom stereocenters. The first-order valence-corrected chi connectivity index (χ1v) is 21.5. The highest BCUT2D eigenvalue weighted by Gasteiger charge is 2.36. The molecule has 10 aromatic carbocycles. The topological polar surface area (TPSA) is 49.4 Å². The van der Waals surface area contributed by atoms with Crippen molar-refractivity contribution in [3.8, 4) is 28.1 Å². The van der Waals surface area contributed by atoms with Gasteiger partial charge in [-0.25, -0.2) is 0 Å². The lowest BCUT2D eigenvalue weighted by molar-refractivity contribution is 0.666. The van der Waals surface area contributed by atoms with E-state index in [9.17, 15) is 0 Å². The molecule has 3 aromatic heterocycles. The van der Waals surface area contributed by atoms with Crippen LogP contribution in [-0.2, 0) is 5.41 Å². The Bertz CT molecular complexity index is 3950. The summed E-state index contributed by atoms with van der Waals surface area (Å²) >= 11 is 0. The van der Waals surface area contributed by atoms with Gasteiger partial charge in [0.15, 0.2) is 0 Å². The van der Waals surface area contributed by atoms with Crippen molar-refractivity contribution < 1.29 is 0 Å². The summed E-state index contributed by atoms with van der Waals surface area (Å²) in [4.78, 5) is 3.58. The summed E-state index contributed by atoms with van der Waals surface area (Å²) in [6.45, 7) is 4.72. The maximum absolute atomic E-state index is 4.89. The zero-order valence-electron chi connectivity index (χ0n) is 34.4. The summed E-state index contributed by atoms with van der Waals surface area (Å²) in [5, 5.41) is 22.1. The Hall–Kier alpha value is -7.95. The number of rotatable bonds is 2. The SMILES string of the molecule is CC1(C)c2ccccc2-c2ccc3cc4[nH]c5ccccc5c4cc3c21.c1ccc(-n2c3ccccc3c3cc(-c4n[nH]c5c6ccccc6c6ccccc6c45)ccc32)cc1. The molecule has 14 rings (SSSR count). The number of aromatic amines is 2. The zero-order chi connectivity index (χ0) is 41.1. The minimum atomic E-state index is 0.0191. The van der Waals surface area contributed by atoms with Crippen LogP contribution in [0.15, 0.2) is 194 Å². The van der Waals surface area contributed by atoms with E-state index in [1.165, 1.54) is 109 Å². The van der Waals surface area contributed by atoms with E-state index in [0.29, 0.717) is 0 Å². The second kappa shape index (κ2) is 13.0. The molecule has 0 saturated heterocycles. The fourth-order valence-electron chi connectivity index (χ4n) is 10.8. The molecular formula is C58H40N4. The molecule has 0 amide bonds. The van der Waals surface area contributed by atoms with Gasteiger partial charge in [-0.2, -0.15) is 5.10 Å². The van der Waals surface area contributed by atoms with Gasteiger partial charge in [0.1, 0.15) is 5.69 Å². The van der Waals surface area contributed by atoms with Crippen LogP contribution in [0, 0.1) is 0 Å². The van der Waals surface area contributed by atoms with Crippen molar-refractivity contribution in [2.75, 3.05) is 0 Å². The molecule has 4 heteroatoms. The Morgan fingerprint density at radius 2 is 1.11 bits per heavy atom. The summed E-state index contributed by atoms with van der Waals surface area (Å²) in [5.74, 6) is 0. The van der Waals surface area contributed by atoms with Gasteiger partial charge >= 0.3 is 0 Å². The van der Waals surface area contributed by atoms with Crippen LogP contribution in [0.25, 0.3) is 115 Å². The maximum Gasteiger partial charge on any atom is 0.101 e. The monoisotopic (exact) mass is 792 g/mol. The van der Waals surface area contributed by atoms with Crippen LogP contribution in [0.5, 0.6) is 0 Å². The fourth-order valence-corrected chi connectivity index (χ4v) is 10.8. The van der Waals surface area contributed by atoms with Crippen LogP contribution in [0.3, 0.4) is 0 Å². The van der Waals surface area contributed by atoms with E-state index in [-0.39, 0.29) is 5.41 Å². The average molecular weight is 793 g/mol. The smallest absolute Gasteiger partial charge is 0.101 e. The van der Waals surface area contributed by atoms with E-state index in [2.05, 4.69) is 223 Å². The van der Waals surface area contributed by atoms with Gasteiger partial charge in [0.25, 0.3) is 0 Å². The molecule has 1 aliphatic rings. The molecule has 0 aliphatic heterocycles. The summed E-state index contributed by atoms with van der Waals surface area (Å²) in [7, 11) is 0. The van der Waals surface area contributed by atoms with Crippen molar-refractivity contribution in [2.24, 2.45) is 0 Å². The zero-order valence-corrected chi connectivity index (χ0v) is 34.4. The molecule has 0 unspecified atom stereocenters. The molecule has 292 valence electrons. The van der Waals surface area contributed by atoms with Gasteiger partial charge < -0.3 is 9.55 Å². The lowest BCUT2D eigenvalue weighted by atomic mass is 9.80. The molecule has 0 saturated carbocycles. The van der Waals surface area contributed by atoms with Crippen LogP contribution in [0.2, 0.25) is 0 Å². The van der Waals surface area contributed by atoms with Crippen LogP contribution in [0.1, 0.15) is 25.0 Å². The number of hydrogen-bond donors (Lipinski definition) is 2. The largest absolute Gasteiger partial charge is 0.354 e. The van der Waals surface area contributed by atoms with Gasteiger partial charge in [0.05, 0.1) is 16.6 Å². The summed E-state index contributed by atoms with van der Waals surface area (Å²) in [6.07, 6.45) is 0. The Balaban J connectivity index is 0.000000133. The third kappa shape index (κ3) is 4.92. The molecular weight excluding hydrogens is 753 g/mol. The third-order valence-electron chi connectivity index (χ3n) is 13.6. The number of benzene rings is 10. The van der Waals surface area contributed by atoms with Crippen molar-refractivity contribution in [3.63, 3.8) is 0 Å². The van der Waals surface area contributed by atoms with Crippen LogP contribution in [-0.4, -0.2) is 19.7 Å². The molecule has 0 radical (unpaired) electrons. The predicted molar refractivity (Wildman–Crippen MR) is 262 cm³/mol. The second-order valence-corrected chi connectivity index (χ2v) is 17.3. The van der Waals surface area contributed by atoms with Gasteiger partial charge in [-0.3, -0.25) is 5.10 Å². The van der Waals surface area contributed by atoms with Crippen LogP contribution < -0.4 is 0 Å². The number of aromatic nitrogens is 4. The molecule has 2 N–H and O–H groups in total. The van der Waals surface area contributed by atoms with Crippen molar-refractivity contribution in [1.29, 1.82) is 0 Å². The quantitative estimate of drug-likeness (QED) is 0.168. The van der Waals surface area contributed by atoms with Gasteiger partial charge in [0, 0.05) is 60.0 Å². The second-order valence-electron chi connectivity index (χ2n) is 17.3. The Labute approximate surface area is 357 Å². The first kappa shape index (κ1) is 34.9. The van der Waals surface area contributed by atoms with Crippen molar-refractivity contribution in [1.82, 2.24) is 19.7 Å². The molecule has 0 spiro atoms. The highest BCUT2D eigenvalue weighted by Crippen LogP contribution is 2.52. The van der Waals surface area contributed by atoms with Gasteiger partial charge in [0.2, 0.25) is 0 Å². The highest BCUT2D eigenvalue weighted by atomic mass is 15.1. The van der Waals surface area contributed by atoms with Crippen molar-refractivity contribution in [3.05, 3.63) is 205 Å². The van der Waals surface area contributed by atoms with Gasteiger partial charge in [-0.1, -0.05) is 159 Å². The minimum absolute atomic E-state index is 0.0191. The lowest BCUT2D eigenvalue weighted by Gasteiger charge is -2.23. The van der Waals surface area contributed by atoms with E-state index in [0.717, 1.165) is 16.8 Å². The standard InChI is InChI=1S/C33H21N3.C25H19N/c1-2-10-22(11-3-1)36-29-17-9-8-14-25(29)28-20-21(18-19-30(28)36)32-31-26-15-6-4-12-23(26)24-13-5-7-16-27(24)33(31)35-34-32;1-25(2)21-9-5-3-7-16(21)18-12-11-15-13-23-20(14-19(15)24(18)25)17-8-4-6-10-22(17)26-23/h1-20H,(H,34,35);3-14,26H,1-2H3. The Kier molecular flexibility index (Phi) is 7.32. The summed E-state index contributed by atoms with van der Waals surface area (Å²) < 4.78 is 2.35. The van der Waals surface area contributed by atoms with E-state index < -0.39 is 0 Å². The van der Waals surface area contributed by atoms with E-state index in [4.69, 9.17) is 5.10 Å². The first-order valence-electron chi connectivity index (χ1n) is 21.5. The summed E-state index contributed by atoms with van der Waals surface area (Å²) in [6, 6.07) is 69.9. The number of nitrogens with one attached hydrogen (secondary N) is 2. The third-order valence-corrected chi connectivity index (χ3v) is 13.6. The summed E-state index contributed by atoms with van der Waals surface area (Å²) in [5.41, 5.74) is 14.9. The number of nitrogens with zero attached hydrogens (tertiary/aromatic N) is 2. The van der Waals surface area contributed by atoms with Crippen LogP contribution >= 0.6 is 0 Å². The highest BCUT2D eigenvalue weighted by molar-refractivity contribution is 6.27. The normalized spacial score (nSPS) is 13.1. The predicted octanol–water partition coefficient (Wildman–Crippen LogP) is 15.4. The number of H-pyrrole nitrogens is 2. The molecule has 0 bridgehead atoms. The van der Waals surface area contributed by atoms with Gasteiger partial charge in [-0.15, -0.1) is 0 Å². The molecule has 0 fully saturated rings. The molecule has 62 heavy (non-hydrogen) atoms. The van der Waals surface area contributed by atoms with Crippen LogP contribution in [0.4, 0.5) is 0 Å². The fraction of sp³-hybridized carbons (Fsp3) is 0.0517. The molecule has 4 nitrogen and oxygen atoms in total. The Morgan fingerprint density at radius 1 is 0.452 bits per heavy atom. The Morgan fingerprint density at radius 3 is 1.95 bits per heavy atom. The number of hydrogen-bond acceptors (Lipinski definition) is 1. The van der Waals surface area contributed by atoms with E-state index in [1.807, 2.05) is 0 Å². The number of para-hydroxylation sites is 3. The molecule has 1 aliphatic carbocycles. The number of fused-ring (bicyclic) bond motifs is 17. The van der Waals surface area contributed by atoms with Crippen molar-refractivity contribution >= 4 is 86.8 Å². The molecule has 13 aromatic rings. The minimum Gasteiger partial charge on any atom is -0.354 e. The maximum atomic E-state index is 4.89. The first-order chi connectivity index (χ1) is 30.5. The van der Waals surface area contributed by atoms with Crippen molar-refractivity contribution in [2.45, 2.75) is 19.3 Å². The van der Waals surface area contributed by atoms with E-state index >= 15 is 0 Å². The van der Waals surface area contributed by atoms with E-state index in [1.54, 1.807) is 0 Å². The average Bonchev–Trinajstić information content (AvgIpc) is 4.08. The van der Waals surface area contributed by atoms with Gasteiger partial charge in [-0.05, 0) is 97.7 Å².